The van der Waals surface area contributed by atoms with Crippen LogP contribution in [0.15, 0.2) is 60.7 Å². The largest absolute Gasteiger partial charge is 0.363 e. The van der Waals surface area contributed by atoms with Crippen LogP contribution in [0.2, 0.25) is 0 Å². The quantitative estimate of drug-likeness (QED) is 0.671. The highest BCUT2D eigenvalue weighted by Gasteiger charge is 2.25. The van der Waals surface area contributed by atoms with Gasteiger partial charge >= 0.3 is 0 Å². The summed E-state index contributed by atoms with van der Waals surface area (Å²) in [6.45, 7) is 8.79. The number of rotatable bonds is 5. The summed E-state index contributed by atoms with van der Waals surface area (Å²) in [5.74, 6) is 0. The molecule has 0 spiro atoms. The molecule has 0 radical (unpaired) electrons. The molecule has 128 valence electrons. The predicted molar refractivity (Wildman–Crippen MR) is 103 cm³/mol. The molecule has 0 fully saturated rings. The summed E-state index contributed by atoms with van der Waals surface area (Å²) in [6.07, 6.45) is 0. The zero-order valence-corrected chi connectivity index (χ0v) is 15.2. The van der Waals surface area contributed by atoms with Gasteiger partial charge in [-0.1, -0.05) is 60.7 Å². The van der Waals surface area contributed by atoms with E-state index in [0.29, 0.717) is 12.1 Å². The smallest absolute Gasteiger partial charge is 0.120 e. The van der Waals surface area contributed by atoms with Gasteiger partial charge in [-0.15, -0.1) is 10.2 Å². The van der Waals surface area contributed by atoms with Gasteiger partial charge in [0.1, 0.15) is 11.4 Å². The molecule has 0 aliphatic rings. The van der Waals surface area contributed by atoms with Crippen molar-refractivity contribution in [2.45, 2.75) is 39.8 Å². The standard InChI is InChI=1S/C21H24N4/c1-15(2)25(16(3)4)21-19(17-11-7-5-8-12-17)22-24-23-20(21)18-13-9-6-10-14-18/h5-16H,1-4H3. The van der Waals surface area contributed by atoms with E-state index in [0.717, 1.165) is 28.2 Å². The van der Waals surface area contributed by atoms with Crippen molar-refractivity contribution in [1.82, 2.24) is 15.4 Å². The van der Waals surface area contributed by atoms with E-state index in [1.54, 1.807) is 0 Å². The summed E-state index contributed by atoms with van der Waals surface area (Å²) in [4.78, 5) is 2.37. The molecule has 3 rings (SSSR count). The molecule has 1 heterocycles. The topological polar surface area (TPSA) is 41.9 Å². The second-order valence-corrected chi connectivity index (χ2v) is 6.66. The molecule has 4 heteroatoms. The highest BCUT2D eigenvalue weighted by Crippen LogP contribution is 2.38. The molecule has 1 aromatic heterocycles. The molecular formula is C21H24N4. The van der Waals surface area contributed by atoms with E-state index in [-0.39, 0.29) is 0 Å². The molecule has 0 unspecified atom stereocenters. The molecule has 0 amide bonds. The number of benzene rings is 2. The molecular weight excluding hydrogens is 308 g/mol. The third-order valence-electron chi connectivity index (χ3n) is 4.20. The van der Waals surface area contributed by atoms with Crippen molar-refractivity contribution >= 4 is 5.69 Å². The van der Waals surface area contributed by atoms with E-state index in [9.17, 15) is 0 Å². The Morgan fingerprint density at radius 1 is 0.640 bits per heavy atom. The monoisotopic (exact) mass is 332 g/mol. The van der Waals surface area contributed by atoms with Gasteiger partial charge in [-0.3, -0.25) is 0 Å². The molecule has 0 saturated heterocycles. The molecule has 25 heavy (non-hydrogen) atoms. The van der Waals surface area contributed by atoms with Crippen LogP contribution in [0.1, 0.15) is 27.7 Å². The zero-order chi connectivity index (χ0) is 17.8. The minimum atomic E-state index is 0.316. The zero-order valence-electron chi connectivity index (χ0n) is 15.2. The van der Waals surface area contributed by atoms with Crippen LogP contribution in [0, 0.1) is 0 Å². The number of hydrogen-bond acceptors (Lipinski definition) is 4. The van der Waals surface area contributed by atoms with Crippen molar-refractivity contribution in [1.29, 1.82) is 0 Å². The Balaban J connectivity index is 2.30. The van der Waals surface area contributed by atoms with E-state index < -0.39 is 0 Å². The average Bonchev–Trinajstić information content (AvgIpc) is 2.63. The summed E-state index contributed by atoms with van der Waals surface area (Å²) in [5.41, 5.74) is 4.89. The lowest BCUT2D eigenvalue weighted by Crippen LogP contribution is -2.38. The molecule has 0 aliphatic heterocycles. The van der Waals surface area contributed by atoms with Gasteiger partial charge in [0.25, 0.3) is 0 Å². The van der Waals surface area contributed by atoms with Gasteiger partial charge < -0.3 is 4.90 Å². The first-order chi connectivity index (χ1) is 12.1. The second kappa shape index (κ2) is 7.43. The van der Waals surface area contributed by atoms with Gasteiger partial charge in [0, 0.05) is 23.2 Å². The maximum Gasteiger partial charge on any atom is 0.120 e. The fourth-order valence-electron chi connectivity index (χ4n) is 3.26. The highest BCUT2D eigenvalue weighted by molar-refractivity contribution is 5.86. The summed E-state index contributed by atoms with van der Waals surface area (Å²) in [6, 6.07) is 21.0. The van der Waals surface area contributed by atoms with Crippen LogP contribution in [0.3, 0.4) is 0 Å². The average molecular weight is 332 g/mol. The fourth-order valence-corrected chi connectivity index (χ4v) is 3.26. The minimum absolute atomic E-state index is 0.316. The van der Waals surface area contributed by atoms with Crippen molar-refractivity contribution in [3.05, 3.63) is 60.7 Å². The first kappa shape index (κ1) is 17.1. The SMILES string of the molecule is CC(C)N(c1c(-c2ccccc2)nnnc1-c1ccccc1)C(C)C. The number of aromatic nitrogens is 3. The number of hydrogen-bond donors (Lipinski definition) is 0. The van der Waals surface area contributed by atoms with Crippen LogP contribution in [-0.2, 0) is 0 Å². The van der Waals surface area contributed by atoms with Crippen molar-refractivity contribution in [3.8, 4) is 22.5 Å². The summed E-state index contributed by atoms with van der Waals surface area (Å²) in [5, 5.41) is 12.9. The van der Waals surface area contributed by atoms with Crippen LogP contribution in [-0.4, -0.2) is 27.5 Å². The Labute approximate surface area is 149 Å². The van der Waals surface area contributed by atoms with Crippen LogP contribution >= 0.6 is 0 Å². The van der Waals surface area contributed by atoms with Gasteiger partial charge in [0.05, 0.1) is 5.69 Å². The van der Waals surface area contributed by atoms with Crippen LogP contribution in [0.4, 0.5) is 5.69 Å². The summed E-state index contributed by atoms with van der Waals surface area (Å²) in [7, 11) is 0. The molecule has 0 aliphatic carbocycles. The van der Waals surface area contributed by atoms with Gasteiger partial charge in [-0.25, -0.2) is 0 Å². The van der Waals surface area contributed by atoms with Gasteiger partial charge in [0.2, 0.25) is 0 Å². The third-order valence-corrected chi connectivity index (χ3v) is 4.20. The fraction of sp³-hybridized carbons (Fsp3) is 0.286. The third kappa shape index (κ3) is 3.53. The maximum atomic E-state index is 4.42. The van der Waals surface area contributed by atoms with Crippen molar-refractivity contribution in [2.24, 2.45) is 0 Å². The van der Waals surface area contributed by atoms with Crippen molar-refractivity contribution in [3.63, 3.8) is 0 Å². The van der Waals surface area contributed by atoms with E-state index in [4.69, 9.17) is 0 Å². The van der Waals surface area contributed by atoms with Crippen LogP contribution < -0.4 is 4.90 Å². The van der Waals surface area contributed by atoms with Crippen molar-refractivity contribution < 1.29 is 0 Å². The first-order valence-electron chi connectivity index (χ1n) is 8.72. The predicted octanol–water partition coefficient (Wildman–Crippen LogP) is 4.83. The van der Waals surface area contributed by atoms with E-state index in [1.807, 2.05) is 36.4 Å². The highest BCUT2D eigenvalue weighted by atomic mass is 15.3. The Morgan fingerprint density at radius 2 is 1.04 bits per heavy atom. The number of nitrogens with zero attached hydrogens (tertiary/aromatic N) is 4. The Morgan fingerprint density at radius 3 is 1.40 bits per heavy atom. The van der Waals surface area contributed by atoms with Crippen LogP contribution in [0.25, 0.3) is 22.5 Å². The molecule has 2 aromatic carbocycles. The first-order valence-corrected chi connectivity index (χ1v) is 8.72. The lowest BCUT2D eigenvalue weighted by atomic mass is 10.0. The Kier molecular flexibility index (Phi) is 5.08. The lowest BCUT2D eigenvalue weighted by molar-refractivity contribution is 0.605. The molecule has 4 nitrogen and oxygen atoms in total. The Hall–Kier alpha value is -2.75. The van der Waals surface area contributed by atoms with Gasteiger partial charge in [0.15, 0.2) is 0 Å². The minimum Gasteiger partial charge on any atom is -0.363 e. The number of anilines is 1. The van der Waals surface area contributed by atoms with E-state index in [1.165, 1.54) is 0 Å². The molecule has 0 N–H and O–H groups in total. The normalized spacial score (nSPS) is 11.1. The summed E-state index contributed by atoms with van der Waals surface area (Å²) < 4.78 is 0. The molecule has 0 bridgehead atoms. The Bertz CT molecular complexity index is 748. The summed E-state index contributed by atoms with van der Waals surface area (Å²) >= 11 is 0. The van der Waals surface area contributed by atoms with Crippen molar-refractivity contribution in [2.75, 3.05) is 4.90 Å². The molecule has 0 atom stereocenters. The van der Waals surface area contributed by atoms with E-state index in [2.05, 4.69) is 72.3 Å². The van der Waals surface area contributed by atoms with E-state index >= 15 is 0 Å². The molecule has 0 saturated carbocycles. The second-order valence-electron chi connectivity index (χ2n) is 6.66. The van der Waals surface area contributed by atoms with Gasteiger partial charge in [-0.05, 0) is 32.9 Å². The lowest BCUT2D eigenvalue weighted by Gasteiger charge is -2.35. The van der Waals surface area contributed by atoms with Crippen LogP contribution in [0.5, 0.6) is 0 Å². The maximum absolute atomic E-state index is 4.42. The van der Waals surface area contributed by atoms with Gasteiger partial charge in [-0.2, -0.15) is 0 Å². The molecule has 3 aromatic rings.